The number of anilines is 2. The number of rotatable bonds is 12. The molecule has 0 radical (unpaired) electrons. The number of fused-ring (bicyclic) bond motifs is 1. The number of hydrogen-bond donors (Lipinski definition) is 1. The van der Waals surface area contributed by atoms with Crippen LogP contribution >= 0.6 is 11.3 Å². The summed E-state index contributed by atoms with van der Waals surface area (Å²) in [4.78, 5) is 42.4. The van der Waals surface area contributed by atoms with E-state index >= 15 is 0 Å². The molecule has 44 heavy (non-hydrogen) atoms. The minimum Gasteiger partial charge on any atom is -0.487 e. The molecule has 1 aliphatic heterocycles. The fourth-order valence-electron chi connectivity index (χ4n) is 5.59. The summed E-state index contributed by atoms with van der Waals surface area (Å²) in [6.45, 7) is 7.86. The van der Waals surface area contributed by atoms with Gasteiger partial charge in [-0.25, -0.2) is 19.7 Å². The van der Waals surface area contributed by atoms with Crippen LogP contribution in [0.25, 0.3) is 10.2 Å². The van der Waals surface area contributed by atoms with Crippen molar-refractivity contribution in [1.82, 2.24) is 15.0 Å². The van der Waals surface area contributed by atoms with Crippen LogP contribution < -0.4 is 15.0 Å². The number of carbonyl (C=O) groups is 2. The molecule has 10 heteroatoms. The second-order valence-electron chi connectivity index (χ2n) is 11.8. The average molecular weight is 616 g/mol. The number of hydrogen-bond acceptors (Lipinski definition) is 9. The number of thiazole rings is 1. The van der Waals surface area contributed by atoms with Gasteiger partial charge in [0, 0.05) is 19.3 Å². The van der Waals surface area contributed by atoms with Crippen molar-refractivity contribution < 1.29 is 19.1 Å². The maximum absolute atomic E-state index is 13.8. The predicted octanol–water partition coefficient (Wildman–Crippen LogP) is 7.07. The van der Waals surface area contributed by atoms with Gasteiger partial charge in [0.05, 0.1) is 28.4 Å². The van der Waals surface area contributed by atoms with Gasteiger partial charge < -0.3 is 19.7 Å². The third kappa shape index (κ3) is 7.35. The fraction of sp³-hybridized carbons (Fsp3) is 0.441. The zero-order valence-electron chi connectivity index (χ0n) is 26.0. The molecule has 4 aromatic rings. The second-order valence-corrected chi connectivity index (χ2v) is 12.9. The van der Waals surface area contributed by atoms with Crippen LogP contribution in [0.1, 0.15) is 74.5 Å². The average Bonchev–Trinajstić information content (AvgIpc) is 3.45. The van der Waals surface area contributed by atoms with Crippen LogP contribution in [-0.4, -0.2) is 47.0 Å². The number of benzene rings is 2. The van der Waals surface area contributed by atoms with E-state index in [1.807, 2.05) is 36.4 Å². The van der Waals surface area contributed by atoms with Gasteiger partial charge in [0.2, 0.25) is 11.9 Å². The normalized spacial score (nSPS) is 14.5. The van der Waals surface area contributed by atoms with E-state index in [9.17, 15) is 9.59 Å². The van der Waals surface area contributed by atoms with E-state index in [-0.39, 0.29) is 18.1 Å². The number of ether oxygens (including phenoxy) is 2. The molecular weight excluding hydrogens is 574 g/mol. The van der Waals surface area contributed by atoms with Crippen LogP contribution in [-0.2, 0) is 22.6 Å². The van der Waals surface area contributed by atoms with Gasteiger partial charge >= 0.3 is 5.97 Å². The smallest absolute Gasteiger partial charge is 0.341 e. The van der Waals surface area contributed by atoms with E-state index in [4.69, 9.17) is 14.5 Å². The van der Waals surface area contributed by atoms with Gasteiger partial charge in [0.1, 0.15) is 17.9 Å². The lowest BCUT2D eigenvalue weighted by atomic mass is 9.73. The van der Waals surface area contributed by atoms with Crippen molar-refractivity contribution in [2.75, 3.05) is 30.4 Å². The Labute approximate surface area is 263 Å². The van der Waals surface area contributed by atoms with E-state index in [1.165, 1.54) is 30.2 Å². The van der Waals surface area contributed by atoms with Gasteiger partial charge in [0.15, 0.2) is 5.13 Å². The molecule has 2 aromatic carbocycles. The molecule has 1 saturated heterocycles. The summed E-state index contributed by atoms with van der Waals surface area (Å²) in [5.74, 6) is 1.22. The maximum Gasteiger partial charge on any atom is 0.341 e. The Hall–Kier alpha value is -4.05. The maximum atomic E-state index is 13.8. The van der Waals surface area contributed by atoms with E-state index in [1.54, 1.807) is 0 Å². The molecular formula is C34H41N5O4S. The van der Waals surface area contributed by atoms with Crippen molar-refractivity contribution in [1.29, 1.82) is 0 Å². The molecule has 3 heterocycles. The van der Waals surface area contributed by atoms with Crippen LogP contribution in [0.4, 0.5) is 11.1 Å². The number of aryl methyl sites for hydroxylation is 1. The molecule has 0 saturated carbocycles. The van der Waals surface area contributed by atoms with Crippen molar-refractivity contribution >= 4 is 44.5 Å². The minimum atomic E-state index is -0.513. The zero-order valence-corrected chi connectivity index (χ0v) is 26.8. The molecule has 1 amide bonds. The van der Waals surface area contributed by atoms with Crippen molar-refractivity contribution in [3.05, 3.63) is 71.5 Å². The molecule has 1 N–H and O–H groups in total. The first-order valence-corrected chi connectivity index (χ1v) is 16.2. The summed E-state index contributed by atoms with van der Waals surface area (Å²) in [6.07, 6.45) is 6.68. The third-order valence-corrected chi connectivity index (χ3v) is 9.25. The quantitative estimate of drug-likeness (QED) is 0.169. The van der Waals surface area contributed by atoms with Crippen LogP contribution in [0.15, 0.2) is 54.7 Å². The standard InChI is InChI=1S/C34H41N5O4S/c1-5-8-24-11-13-25(14-12-24)43-22-28-26(30(40)42-4)21-35-32(36-28)39-19-17-34(18-20-39,16-15-23(2)3)31(41)38-33-37-27-9-6-7-10-29(27)44-33/h6-7,9-14,21,23H,5,8,15-20,22H2,1-4H3,(H,37,38,41). The first-order valence-electron chi connectivity index (χ1n) is 15.4. The van der Waals surface area contributed by atoms with Crippen LogP contribution in [0.2, 0.25) is 0 Å². The molecule has 1 aliphatic rings. The number of amides is 1. The molecule has 0 bridgehead atoms. The fourth-order valence-corrected chi connectivity index (χ4v) is 6.45. The number of piperidine rings is 1. The number of nitrogens with one attached hydrogen (secondary N) is 1. The Morgan fingerprint density at radius 1 is 1.07 bits per heavy atom. The lowest BCUT2D eigenvalue weighted by Crippen LogP contribution is -2.47. The molecule has 2 aromatic heterocycles. The summed E-state index contributed by atoms with van der Waals surface area (Å²) >= 11 is 1.50. The Kier molecular flexibility index (Phi) is 10.1. The van der Waals surface area contributed by atoms with Crippen LogP contribution in [0, 0.1) is 11.3 Å². The number of aromatic nitrogens is 3. The molecule has 232 valence electrons. The zero-order chi connectivity index (χ0) is 31.1. The molecule has 0 spiro atoms. The highest BCUT2D eigenvalue weighted by atomic mass is 32.1. The Morgan fingerprint density at radius 2 is 1.82 bits per heavy atom. The lowest BCUT2D eigenvalue weighted by Gasteiger charge is -2.41. The molecule has 0 aliphatic carbocycles. The van der Waals surface area contributed by atoms with Gasteiger partial charge in [-0.3, -0.25) is 4.79 Å². The highest BCUT2D eigenvalue weighted by molar-refractivity contribution is 7.22. The summed E-state index contributed by atoms with van der Waals surface area (Å²) in [5, 5.41) is 3.78. The van der Waals surface area contributed by atoms with Gasteiger partial charge in [0.25, 0.3) is 0 Å². The largest absolute Gasteiger partial charge is 0.487 e. The first kappa shape index (κ1) is 31.4. The number of nitrogens with zero attached hydrogens (tertiary/aromatic N) is 4. The van der Waals surface area contributed by atoms with E-state index in [2.05, 4.69) is 53.1 Å². The van der Waals surface area contributed by atoms with E-state index in [0.29, 0.717) is 54.4 Å². The minimum absolute atomic E-state index is 0.0258. The Balaban J connectivity index is 1.31. The summed E-state index contributed by atoms with van der Waals surface area (Å²) in [6, 6.07) is 15.9. The summed E-state index contributed by atoms with van der Waals surface area (Å²) in [7, 11) is 1.34. The van der Waals surface area contributed by atoms with Crippen molar-refractivity contribution in [3.8, 4) is 5.75 Å². The molecule has 0 atom stereocenters. The van der Waals surface area contributed by atoms with Crippen molar-refractivity contribution in [3.63, 3.8) is 0 Å². The lowest BCUT2D eigenvalue weighted by molar-refractivity contribution is -0.127. The monoisotopic (exact) mass is 615 g/mol. The van der Waals surface area contributed by atoms with Gasteiger partial charge in [-0.2, -0.15) is 0 Å². The highest BCUT2D eigenvalue weighted by Gasteiger charge is 2.42. The highest BCUT2D eigenvalue weighted by Crippen LogP contribution is 2.40. The Bertz CT molecular complexity index is 1550. The topological polar surface area (TPSA) is 107 Å². The molecule has 0 unspecified atom stereocenters. The second kappa shape index (κ2) is 14.2. The Morgan fingerprint density at radius 3 is 2.50 bits per heavy atom. The van der Waals surface area contributed by atoms with Crippen LogP contribution in [0.3, 0.4) is 0 Å². The van der Waals surface area contributed by atoms with E-state index in [0.717, 1.165) is 35.9 Å². The van der Waals surface area contributed by atoms with Crippen LogP contribution in [0.5, 0.6) is 5.75 Å². The van der Waals surface area contributed by atoms with Crippen molar-refractivity contribution in [2.24, 2.45) is 11.3 Å². The van der Waals surface area contributed by atoms with Gasteiger partial charge in [-0.1, -0.05) is 62.8 Å². The van der Waals surface area contributed by atoms with Gasteiger partial charge in [-0.05, 0) is 67.9 Å². The SMILES string of the molecule is CCCc1ccc(OCc2nc(N3CCC(CCC(C)C)(C(=O)Nc4nc5ccccc5s4)CC3)ncc2C(=O)OC)cc1. The molecule has 1 fully saturated rings. The third-order valence-electron chi connectivity index (χ3n) is 8.30. The van der Waals surface area contributed by atoms with Crippen molar-refractivity contribution in [2.45, 2.75) is 65.9 Å². The molecule has 5 rings (SSSR count). The number of methoxy groups -OCH3 is 1. The number of esters is 1. The summed E-state index contributed by atoms with van der Waals surface area (Å²) < 4.78 is 12.1. The predicted molar refractivity (Wildman–Crippen MR) is 174 cm³/mol. The number of carbonyl (C=O) groups excluding carboxylic acids is 2. The first-order chi connectivity index (χ1) is 21.3. The van der Waals surface area contributed by atoms with Gasteiger partial charge in [-0.15, -0.1) is 0 Å². The summed E-state index contributed by atoms with van der Waals surface area (Å²) in [5.41, 5.74) is 2.37. The molecule has 9 nitrogen and oxygen atoms in total. The number of para-hydroxylation sites is 1. The van der Waals surface area contributed by atoms with E-state index < -0.39 is 11.4 Å².